The molecule has 5 rings (SSSR count). The first-order valence-corrected chi connectivity index (χ1v) is 36.6. The Hall–Kier alpha value is -9.75. The number of anilines is 1. The van der Waals surface area contributed by atoms with E-state index in [4.69, 9.17) is 29.4 Å². The number of unbranched alkanes of at least 4 members (excludes halogenated alkanes) is 2. The molecular formula is C76H113N13O18. The quantitative estimate of drug-likeness (QED) is 0.0206. The number of Topliss-reactive ketones (excluding diaryl/α,β-unsaturated/α-hetero) is 1. The number of carbonyl (C=O) groups excluding carboxylic acids is 13. The number of hydrogen-bond acceptors (Lipinski definition) is 19. The summed E-state index contributed by atoms with van der Waals surface area (Å²) in [6.45, 7) is 16.0. The highest BCUT2D eigenvalue weighted by atomic mass is 16.6. The summed E-state index contributed by atoms with van der Waals surface area (Å²) >= 11 is 0. The number of hydrogen-bond donors (Lipinski definition) is 9. The third-order valence-corrected chi connectivity index (χ3v) is 19.3. The number of primary amides is 1. The molecule has 0 radical (unpaired) electrons. The lowest BCUT2D eigenvalue weighted by Gasteiger charge is -2.41. The Morgan fingerprint density at radius 1 is 0.654 bits per heavy atom. The van der Waals surface area contributed by atoms with E-state index in [9.17, 15) is 57.5 Å². The summed E-state index contributed by atoms with van der Waals surface area (Å²) in [4.78, 5) is 179. The molecule has 31 nitrogen and oxygen atoms in total. The van der Waals surface area contributed by atoms with Crippen molar-refractivity contribution < 1.29 is 86.0 Å². The fourth-order valence-electron chi connectivity index (χ4n) is 13.3. The van der Waals surface area contributed by atoms with Crippen molar-refractivity contribution in [2.75, 3.05) is 87.1 Å². The maximum Gasteiger partial charge on any atom is 0.407 e. The van der Waals surface area contributed by atoms with Crippen molar-refractivity contribution in [3.8, 4) is 5.75 Å². The molecule has 10 N–H and O–H groups in total. The fraction of sp³-hybridized carbons (Fsp3) is 0.592. The molecule has 2 aliphatic rings. The van der Waals surface area contributed by atoms with Crippen LogP contribution >= 0.6 is 0 Å². The molecule has 0 bridgehead atoms. The van der Waals surface area contributed by atoms with Crippen LogP contribution < -0.4 is 53.0 Å². The van der Waals surface area contributed by atoms with Crippen LogP contribution in [0.3, 0.4) is 0 Å². The Morgan fingerprint density at radius 3 is 1.90 bits per heavy atom. The van der Waals surface area contributed by atoms with E-state index in [1.807, 2.05) is 58.6 Å². The topological polar surface area (TPSA) is 403 Å². The number of nitrogens with one attached hydrogen (secondary N) is 8. The second-order valence-corrected chi connectivity index (χ2v) is 28.5. The van der Waals surface area contributed by atoms with Gasteiger partial charge in [-0.15, -0.1) is 0 Å². The van der Waals surface area contributed by atoms with Crippen molar-refractivity contribution in [3.63, 3.8) is 0 Å². The molecule has 1 fully saturated rings. The number of urea groups is 1. The zero-order valence-electron chi connectivity index (χ0n) is 64.5. The molecule has 2 heterocycles. The van der Waals surface area contributed by atoms with Gasteiger partial charge in [-0.2, -0.15) is 0 Å². The first kappa shape index (κ1) is 87.9. The number of likely N-dealkylation sites (tertiary alicyclic amines) is 1. The average Bonchev–Trinajstić information content (AvgIpc) is 1.69. The van der Waals surface area contributed by atoms with Crippen LogP contribution in [-0.2, 0) is 68.7 Å². The van der Waals surface area contributed by atoms with E-state index in [0.29, 0.717) is 48.2 Å². The molecule has 0 spiro atoms. The fourth-order valence-corrected chi connectivity index (χ4v) is 13.3. The maximum atomic E-state index is 15.1. The summed E-state index contributed by atoms with van der Waals surface area (Å²) in [6, 6.07) is 11.1. The number of nitrogens with zero attached hydrogens (tertiary/aromatic N) is 4. The third-order valence-electron chi connectivity index (χ3n) is 19.3. The van der Waals surface area contributed by atoms with Crippen LogP contribution in [0.1, 0.15) is 136 Å². The molecule has 0 aromatic heterocycles. The Labute approximate surface area is 627 Å². The lowest BCUT2D eigenvalue weighted by atomic mass is 9.89. The highest BCUT2D eigenvalue weighted by Gasteiger charge is 2.47. The molecule has 3 aromatic rings. The number of benzene rings is 3. The standard InChI is InChI=1S/C76H113N13O18/c1-16-47(8)67(87(12)73(99)65(45(4)5)85-72(98)66(46(6)7)86(10)11)59(104-14)40-63(94)89-42-55(39-57(89)68(105-15)48(9)69(95)81-41-58(90)52-26-25-51-38-54(103-13)30-27-50(51)37-52)107-76(102)80-35-34-79-75(101)106-43-49-23-28-53(29-24-49)82-70(96)56(21-20-33-78-74(77)100)83-71(97)64(44(2)3)84-60(91)22-18-17-19-36-88-61(92)31-32-62(88)93/h23-32,37-38,44-48,55-57,59,64-68H,16-22,33-36,39-43H2,1-15H3,(H,79,101)(H,80,102)(H,81,95)(H,82,96)(H,83,97)(H,84,91)(H,85,98)(H3,77,78,100)/t47-,48+,55-,56?,57-,59+,64-,65?,66-,67?,68+/m0/s1. The van der Waals surface area contributed by atoms with Crippen molar-refractivity contribution >= 4 is 93.6 Å². The molecule has 3 aromatic carbocycles. The lowest BCUT2D eigenvalue weighted by molar-refractivity contribution is -0.148. The highest BCUT2D eigenvalue weighted by Crippen LogP contribution is 2.32. The SMILES string of the molecule is CC[C@H](C)C([C@@H](CC(=O)N1C[C@@H](OC(=O)NCCNC(=O)OCc2ccc(NC(=O)C(CCCNC(N)=O)NC(=O)[C@@H](NC(=O)CCCCCN3C(=O)C=CC3=O)C(C)C)cc2)C[C@H]1[C@H](OC)[C@@H](C)C(=O)NCC(=O)c1ccc2cc(OC)ccc2c1)OC)N(C)C(=O)C(NC(=O)[C@H](C(C)C)N(C)C)C(C)C. The summed E-state index contributed by atoms with van der Waals surface area (Å²) < 4.78 is 28.8. The van der Waals surface area contributed by atoms with Gasteiger partial charge in [0.15, 0.2) is 5.78 Å². The van der Waals surface area contributed by atoms with Crippen LogP contribution in [0.5, 0.6) is 5.75 Å². The van der Waals surface area contributed by atoms with Gasteiger partial charge >= 0.3 is 18.2 Å². The number of amides is 13. The minimum atomic E-state index is -1.12. The zero-order valence-corrected chi connectivity index (χ0v) is 64.5. The van der Waals surface area contributed by atoms with Gasteiger partial charge in [0, 0.05) is 83.7 Å². The highest BCUT2D eigenvalue weighted by molar-refractivity contribution is 6.13. The Balaban J connectivity index is 1.20. The minimum Gasteiger partial charge on any atom is -0.497 e. The van der Waals surface area contributed by atoms with Crippen molar-refractivity contribution in [2.45, 2.75) is 181 Å². The maximum absolute atomic E-state index is 15.1. The molecule has 2 aliphatic heterocycles. The first-order chi connectivity index (χ1) is 50.7. The number of imide groups is 1. The number of alkyl carbamates (subject to hydrolysis) is 2. The summed E-state index contributed by atoms with van der Waals surface area (Å²) in [6.07, 6.45) is 0.0628. The molecule has 0 aliphatic carbocycles. The third kappa shape index (κ3) is 26.6. The van der Waals surface area contributed by atoms with E-state index in [0.717, 1.165) is 15.7 Å². The summed E-state index contributed by atoms with van der Waals surface area (Å²) in [5.41, 5.74) is 6.47. The number of likely N-dealkylation sites (N-methyl/N-ethyl adjacent to an activating group) is 2. The number of carbonyl (C=O) groups is 13. The van der Waals surface area contributed by atoms with Crippen molar-refractivity contribution in [1.82, 2.24) is 56.8 Å². The van der Waals surface area contributed by atoms with E-state index < -0.39 is 108 Å². The molecule has 13 amide bonds. The van der Waals surface area contributed by atoms with Gasteiger partial charge in [0.25, 0.3) is 11.8 Å². The van der Waals surface area contributed by atoms with Crippen LogP contribution in [0.25, 0.3) is 10.8 Å². The van der Waals surface area contributed by atoms with Gasteiger partial charge in [0.05, 0.1) is 62.9 Å². The van der Waals surface area contributed by atoms with Gasteiger partial charge in [-0.05, 0) is 110 Å². The van der Waals surface area contributed by atoms with E-state index in [-0.39, 0.29) is 131 Å². The Kier molecular flexibility index (Phi) is 35.4. The zero-order chi connectivity index (χ0) is 79.4. The van der Waals surface area contributed by atoms with Crippen molar-refractivity contribution in [2.24, 2.45) is 35.3 Å². The molecule has 3 unspecified atom stereocenters. The van der Waals surface area contributed by atoms with Gasteiger partial charge in [-0.3, -0.25) is 57.7 Å². The number of methoxy groups -OCH3 is 3. The molecule has 1 saturated heterocycles. The number of rotatable bonds is 43. The second-order valence-electron chi connectivity index (χ2n) is 28.5. The summed E-state index contributed by atoms with van der Waals surface area (Å²) in [5, 5.41) is 23.3. The minimum absolute atomic E-state index is 0.0104. The Morgan fingerprint density at radius 2 is 1.30 bits per heavy atom. The number of nitrogens with two attached hydrogens (primary N) is 1. The number of ketones is 1. The van der Waals surface area contributed by atoms with Crippen LogP contribution in [0.4, 0.5) is 20.1 Å². The van der Waals surface area contributed by atoms with E-state index in [1.54, 1.807) is 102 Å². The van der Waals surface area contributed by atoms with Crippen LogP contribution in [0.2, 0.25) is 0 Å². The van der Waals surface area contributed by atoms with Crippen molar-refractivity contribution in [3.05, 3.63) is 83.9 Å². The van der Waals surface area contributed by atoms with E-state index in [1.165, 1.54) is 31.3 Å². The van der Waals surface area contributed by atoms with Crippen LogP contribution in [0.15, 0.2) is 72.8 Å². The van der Waals surface area contributed by atoms with Crippen LogP contribution in [-0.4, -0.2) is 233 Å². The first-order valence-electron chi connectivity index (χ1n) is 36.6. The molecule has 31 heteroatoms. The van der Waals surface area contributed by atoms with Gasteiger partial charge < -0.3 is 81.8 Å². The molecule has 107 heavy (non-hydrogen) atoms. The molecule has 0 saturated carbocycles. The summed E-state index contributed by atoms with van der Waals surface area (Å²) in [5.74, 6) is -5.68. The monoisotopic (exact) mass is 1500 g/mol. The van der Waals surface area contributed by atoms with Gasteiger partial charge in [-0.25, -0.2) is 14.4 Å². The van der Waals surface area contributed by atoms with Crippen molar-refractivity contribution in [1.29, 1.82) is 0 Å². The predicted molar refractivity (Wildman–Crippen MR) is 400 cm³/mol. The smallest absolute Gasteiger partial charge is 0.407 e. The average molecular weight is 1500 g/mol. The number of ether oxygens (including phenoxy) is 5. The summed E-state index contributed by atoms with van der Waals surface area (Å²) in [7, 11) is 9.65. The molecule has 590 valence electrons. The second kappa shape index (κ2) is 43.2. The number of fused-ring (bicyclic) bond motifs is 1. The predicted octanol–water partition coefficient (Wildman–Crippen LogP) is 4.92. The molecule has 11 atom stereocenters. The van der Waals surface area contributed by atoms with Crippen LogP contribution in [0, 0.1) is 29.6 Å². The van der Waals surface area contributed by atoms with E-state index in [2.05, 4.69) is 42.5 Å². The van der Waals surface area contributed by atoms with Gasteiger partial charge in [0.1, 0.15) is 36.6 Å². The normalized spacial score (nSPS) is 16.7. The van der Waals surface area contributed by atoms with E-state index >= 15 is 4.79 Å². The van der Waals surface area contributed by atoms with Gasteiger partial charge in [-0.1, -0.05) is 105 Å². The largest absolute Gasteiger partial charge is 0.497 e. The lowest BCUT2D eigenvalue weighted by Crippen LogP contribution is -2.59. The Bertz CT molecular complexity index is 3560. The molecular weight excluding hydrogens is 1380 g/mol. The van der Waals surface area contributed by atoms with Gasteiger partial charge in [0.2, 0.25) is 41.4 Å².